The summed E-state index contributed by atoms with van der Waals surface area (Å²) in [7, 11) is 0. The van der Waals surface area contributed by atoms with Gasteiger partial charge < -0.3 is 15.2 Å². The van der Waals surface area contributed by atoms with Gasteiger partial charge in [0.15, 0.2) is 0 Å². The van der Waals surface area contributed by atoms with Crippen LogP contribution < -0.4 is 10.1 Å². The molecular formula is C25H28N4O3. The molecule has 2 aliphatic heterocycles. The van der Waals surface area contributed by atoms with Crippen molar-refractivity contribution >= 4 is 11.6 Å². The third-order valence-electron chi connectivity index (χ3n) is 6.28. The number of nitrogens with one attached hydrogen (secondary N) is 1. The maximum Gasteiger partial charge on any atom is 0.224 e. The number of rotatable bonds is 5. The molecule has 3 aromatic rings. The van der Waals surface area contributed by atoms with Gasteiger partial charge in [0.1, 0.15) is 18.0 Å². The number of aliphatic hydroxyl groups excluding tert-OH is 1. The van der Waals surface area contributed by atoms with Crippen molar-refractivity contribution in [3.63, 3.8) is 0 Å². The number of aromatic nitrogens is 2. The van der Waals surface area contributed by atoms with Gasteiger partial charge in [-0.2, -0.15) is 5.10 Å². The van der Waals surface area contributed by atoms with Crippen molar-refractivity contribution < 1.29 is 14.6 Å². The van der Waals surface area contributed by atoms with E-state index in [1.807, 2.05) is 60.1 Å². The van der Waals surface area contributed by atoms with Crippen molar-refractivity contribution in [1.82, 2.24) is 14.7 Å². The Labute approximate surface area is 187 Å². The summed E-state index contributed by atoms with van der Waals surface area (Å²) in [5.41, 5.74) is 5.15. The van der Waals surface area contributed by atoms with Crippen LogP contribution in [0, 0.1) is 6.92 Å². The maximum atomic E-state index is 11.5. The number of piperidine rings is 1. The number of nitrogens with zero attached hydrogens (tertiary/aromatic N) is 3. The largest absolute Gasteiger partial charge is 0.488 e. The molecule has 7 heteroatoms. The molecule has 7 nitrogen and oxygen atoms in total. The highest BCUT2D eigenvalue weighted by molar-refractivity contribution is 5.94. The Hall–Kier alpha value is -3.16. The predicted molar refractivity (Wildman–Crippen MR) is 122 cm³/mol. The van der Waals surface area contributed by atoms with E-state index in [1.165, 1.54) is 0 Å². The van der Waals surface area contributed by atoms with Crippen LogP contribution in [-0.2, 0) is 17.8 Å². The second-order valence-corrected chi connectivity index (χ2v) is 8.63. The third kappa shape index (κ3) is 4.40. The fraction of sp³-hybridized carbons (Fsp3) is 0.360. The van der Waals surface area contributed by atoms with Crippen molar-refractivity contribution in [1.29, 1.82) is 0 Å². The predicted octanol–water partition coefficient (Wildman–Crippen LogP) is 3.08. The lowest BCUT2D eigenvalue weighted by Gasteiger charge is -2.36. The average molecular weight is 433 g/mol. The van der Waals surface area contributed by atoms with Gasteiger partial charge in [-0.15, -0.1) is 0 Å². The topological polar surface area (TPSA) is 79.6 Å². The van der Waals surface area contributed by atoms with Gasteiger partial charge in [0.05, 0.1) is 11.4 Å². The van der Waals surface area contributed by atoms with Gasteiger partial charge in [-0.25, -0.2) is 4.68 Å². The zero-order chi connectivity index (χ0) is 22.1. The van der Waals surface area contributed by atoms with Crippen molar-refractivity contribution in [2.24, 2.45) is 0 Å². The van der Waals surface area contributed by atoms with Gasteiger partial charge in [-0.05, 0) is 55.7 Å². The van der Waals surface area contributed by atoms with E-state index in [0.717, 1.165) is 59.9 Å². The lowest BCUT2D eigenvalue weighted by Crippen LogP contribution is -2.48. The SMILES string of the molecule is Cc1nn(-c2ccccc2)cc1CN1CC[C@@H](Oc2ccc3c(c2)CCC(=O)N3)[C@H](O)C1. The fourth-order valence-corrected chi connectivity index (χ4v) is 4.47. The number of carbonyl (C=O) groups excluding carboxylic acids is 1. The molecule has 166 valence electrons. The minimum Gasteiger partial charge on any atom is -0.488 e. The standard InChI is InChI=1S/C25H28N4O3/c1-17-19(15-29(27-17)20-5-3-2-4-6-20)14-28-12-11-24(23(30)16-28)32-21-8-9-22-18(13-21)7-10-25(31)26-22/h2-6,8-9,13,15,23-24,30H,7,10-12,14,16H2,1H3,(H,26,31)/t23-,24-/m1/s1. The normalized spacial score (nSPS) is 21.1. The number of hydrogen-bond donors (Lipinski definition) is 2. The molecule has 2 N–H and O–H groups in total. The highest BCUT2D eigenvalue weighted by Crippen LogP contribution is 2.29. The van der Waals surface area contributed by atoms with Gasteiger partial charge in [-0.3, -0.25) is 9.69 Å². The molecule has 3 heterocycles. The summed E-state index contributed by atoms with van der Waals surface area (Å²) in [5.74, 6) is 0.802. The van der Waals surface area contributed by atoms with E-state index in [4.69, 9.17) is 4.74 Å². The van der Waals surface area contributed by atoms with Crippen LogP contribution in [0.2, 0.25) is 0 Å². The maximum absolute atomic E-state index is 11.5. The first-order chi connectivity index (χ1) is 15.5. The number of likely N-dealkylation sites (tertiary alicyclic amines) is 1. The van der Waals surface area contributed by atoms with Crippen LogP contribution in [0.3, 0.4) is 0 Å². The lowest BCUT2D eigenvalue weighted by atomic mass is 10.0. The van der Waals surface area contributed by atoms with E-state index in [2.05, 4.69) is 21.5 Å². The zero-order valence-electron chi connectivity index (χ0n) is 18.2. The monoisotopic (exact) mass is 432 g/mol. The number of aryl methyl sites for hydroxylation is 2. The van der Waals surface area contributed by atoms with Crippen molar-refractivity contribution in [2.75, 3.05) is 18.4 Å². The first kappa shape index (κ1) is 20.7. The van der Waals surface area contributed by atoms with Crippen LogP contribution in [0.5, 0.6) is 5.75 Å². The third-order valence-corrected chi connectivity index (χ3v) is 6.28. The second-order valence-electron chi connectivity index (χ2n) is 8.63. The van der Waals surface area contributed by atoms with Gasteiger partial charge in [0, 0.05) is 43.5 Å². The molecule has 1 aromatic heterocycles. The van der Waals surface area contributed by atoms with E-state index in [1.54, 1.807) is 0 Å². The molecule has 0 unspecified atom stereocenters. The number of benzene rings is 2. The molecule has 2 atom stereocenters. The van der Waals surface area contributed by atoms with Crippen molar-refractivity contribution in [3.8, 4) is 11.4 Å². The van der Waals surface area contributed by atoms with Crippen LogP contribution in [-0.4, -0.2) is 51.0 Å². The molecule has 2 aliphatic rings. The van der Waals surface area contributed by atoms with E-state index in [-0.39, 0.29) is 12.0 Å². The first-order valence-electron chi connectivity index (χ1n) is 11.2. The number of amides is 1. The van der Waals surface area contributed by atoms with Crippen LogP contribution in [0.25, 0.3) is 5.69 Å². The Balaban J connectivity index is 1.20. The zero-order valence-corrected chi connectivity index (χ0v) is 18.2. The Morgan fingerprint density at radius 3 is 2.84 bits per heavy atom. The van der Waals surface area contributed by atoms with Gasteiger partial charge in [0.2, 0.25) is 5.91 Å². The first-order valence-corrected chi connectivity index (χ1v) is 11.2. The highest BCUT2D eigenvalue weighted by Gasteiger charge is 2.30. The number of aliphatic hydroxyl groups is 1. The number of hydrogen-bond acceptors (Lipinski definition) is 5. The van der Waals surface area contributed by atoms with Crippen molar-refractivity contribution in [3.05, 3.63) is 71.5 Å². The quantitative estimate of drug-likeness (QED) is 0.648. The molecule has 0 saturated carbocycles. The molecule has 1 fully saturated rings. The highest BCUT2D eigenvalue weighted by atomic mass is 16.5. The van der Waals surface area contributed by atoms with E-state index < -0.39 is 6.10 Å². The summed E-state index contributed by atoms with van der Waals surface area (Å²) in [5, 5.41) is 18.3. The number of fused-ring (bicyclic) bond motifs is 1. The summed E-state index contributed by atoms with van der Waals surface area (Å²) >= 11 is 0. The van der Waals surface area contributed by atoms with Gasteiger partial charge in [0.25, 0.3) is 0 Å². The average Bonchev–Trinajstić information content (AvgIpc) is 3.16. The van der Waals surface area contributed by atoms with E-state index in [0.29, 0.717) is 13.0 Å². The summed E-state index contributed by atoms with van der Waals surface area (Å²) in [6.45, 7) is 4.18. The molecule has 0 aliphatic carbocycles. The molecule has 0 spiro atoms. The van der Waals surface area contributed by atoms with Gasteiger partial charge >= 0.3 is 0 Å². The Kier molecular flexibility index (Phi) is 5.68. The number of β-amino-alcohol motifs (C(OH)–C–C–N with tert-alkyl or cyclic N) is 1. The van der Waals surface area contributed by atoms with E-state index >= 15 is 0 Å². The summed E-state index contributed by atoms with van der Waals surface area (Å²) in [6, 6.07) is 15.8. The van der Waals surface area contributed by atoms with Crippen LogP contribution in [0.1, 0.15) is 29.7 Å². The number of carbonyl (C=O) groups is 1. The number of anilines is 1. The molecule has 1 saturated heterocycles. The Morgan fingerprint density at radius 2 is 2.03 bits per heavy atom. The summed E-state index contributed by atoms with van der Waals surface area (Å²) in [6.07, 6.45) is 3.24. The fourth-order valence-electron chi connectivity index (χ4n) is 4.47. The molecule has 32 heavy (non-hydrogen) atoms. The number of para-hydroxylation sites is 1. The number of ether oxygens (including phenoxy) is 1. The molecule has 0 radical (unpaired) electrons. The molecule has 0 bridgehead atoms. The second kappa shape index (κ2) is 8.76. The smallest absolute Gasteiger partial charge is 0.224 e. The molecule has 2 aromatic carbocycles. The van der Waals surface area contributed by atoms with Crippen LogP contribution in [0.4, 0.5) is 5.69 Å². The van der Waals surface area contributed by atoms with Gasteiger partial charge in [-0.1, -0.05) is 18.2 Å². The summed E-state index contributed by atoms with van der Waals surface area (Å²) < 4.78 is 8.05. The Morgan fingerprint density at radius 1 is 1.19 bits per heavy atom. The van der Waals surface area contributed by atoms with E-state index in [9.17, 15) is 9.90 Å². The van der Waals surface area contributed by atoms with Crippen LogP contribution >= 0.6 is 0 Å². The minimum absolute atomic E-state index is 0.0542. The molecule has 5 rings (SSSR count). The summed E-state index contributed by atoms with van der Waals surface area (Å²) in [4.78, 5) is 13.8. The molecular weight excluding hydrogens is 404 g/mol. The van der Waals surface area contributed by atoms with Crippen molar-refractivity contribution in [2.45, 2.75) is 44.9 Å². The minimum atomic E-state index is -0.566. The van der Waals surface area contributed by atoms with Crippen LogP contribution in [0.15, 0.2) is 54.7 Å². The molecule has 1 amide bonds. The lowest BCUT2D eigenvalue weighted by molar-refractivity contribution is -0.116. The Bertz CT molecular complexity index is 1110.